The average molecular weight is 329 g/mol. The van der Waals surface area contributed by atoms with Crippen molar-refractivity contribution in [1.29, 1.82) is 0 Å². The topological polar surface area (TPSA) is 45.8 Å². The van der Waals surface area contributed by atoms with Crippen molar-refractivity contribution >= 4 is 0 Å². The number of halogens is 3. The molecule has 1 aromatic heterocycles. The summed E-state index contributed by atoms with van der Waals surface area (Å²) in [5.41, 5.74) is -0.733. The number of hydrogen-bond donors (Lipinski definition) is 1. The summed E-state index contributed by atoms with van der Waals surface area (Å²) in [6, 6.07) is 7.99. The van der Waals surface area contributed by atoms with Gasteiger partial charge < -0.3 is 14.3 Å². The second-order valence-electron chi connectivity index (χ2n) is 5.26. The Morgan fingerprint density at radius 1 is 1.22 bits per heavy atom. The number of aliphatic hydroxyl groups is 1. The van der Waals surface area contributed by atoms with E-state index in [2.05, 4.69) is 0 Å². The van der Waals surface area contributed by atoms with Crippen LogP contribution in [0.5, 0.6) is 5.75 Å². The van der Waals surface area contributed by atoms with Gasteiger partial charge in [-0.3, -0.25) is 4.90 Å². The molecular weight excluding hydrogens is 311 g/mol. The molecular formula is C16H18F3NO3. The Labute approximate surface area is 132 Å². The minimum absolute atomic E-state index is 0.00609. The molecule has 2 aromatic rings. The molecule has 1 heterocycles. The molecule has 0 amide bonds. The number of rotatable bonds is 7. The molecule has 0 radical (unpaired) electrons. The third-order valence-electron chi connectivity index (χ3n) is 3.15. The second kappa shape index (κ2) is 7.52. The first-order valence-electron chi connectivity index (χ1n) is 7.03. The Bertz CT molecular complexity index is 582. The second-order valence-corrected chi connectivity index (χ2v) is 5.26. The average Bonchev–Trinajstić information content (AvgIpc) is 2.97. The number of hydrogen-bond acceptors (Lipinski definition) is 4. The van der Waals surface area contributed by atoms with Crippen LogP contribution in [0.15, 0.2) is 47.1 Å². The van der Waals surface area contributed by atoms with E-state index < -0.39 is 17.8 Å². The molecule has 0 spiro atoms. The Morgan fingerprint density at radius 2 is 1.91 bits per heavy atom. The molecule has 1 N–H and O–H groups in total. The Balaban J connectivity index is 1.76. The van der Waals surface area contributed by atoms with Crippen LogP contribution >= 0.6 is 0 Å². The van der Waals surface area contributed by atoms with E-state index in [1.807, 2.05) is 18.0 Å². The number of ether oxygens (including phenoxy) is 1. The van der Waals surface area contributed by atoms with Crippen LogP contribution in [0.3, 0.4) is 0 Å². The minimum atomic E-state index is -4.37. The molecule has 1 atom stereocenters. The predicted molar refractivity (Wildman–Crippen MR) is 78.0 cm³/mol. The van der Waals surface area contributed by atoms with Gasteiger partial charge in [0.15, 0.2) is 0 Å². The van der Waals surface area contributed by atoms with Crippen molar-refractivity contribution in [3.05, 3.63) is 54.0 Å². The van der Waals surface area contributed by atoms with Crippen LogP contribution in [-0.4, -0.2) is 36.3 Å². The van der Waals surface area contributed by atoms with Gasteiger partial charge in [0.2, 0.25) is 0 Å². The molecule has 1 unspecified atom stereocenters. The SMILES string of the molecule is CN(Cc1ccco1)CC(O)COc1ccc(C(F)(F)F)cc1. The number of furan rings is 1. The van der Waals surface area contributed by atoms with Gasteiger partial charge in [-0.1, -0.05) is 0 Å². The zero-order valence-corrected chi connectivity index (χ0v) is 12.6. The maximum absolute atomic E-state index is 12.4. The summed E-state index contributed by atoms with van der Waals surface area (Å²) in [5, 5.41) is 9.92. The van der Waals surface area contributed by atoms with E-state index in [0.29, 0.717) is 13.1 Å². The summed E-state index contributed by atoms with van der Waals surface area (Å²) in [6.45, 7) is 0.888. The summed E-state index contributed by atoms with van der Waals surface area (Å²) in [4.78, 5) is 1.86. The summed E-state index contributed by atoms with van der Waals surface area (Å²) in [5.74, 6) is 1.06. The van der Waals surface area contributed by atoms with Crippen LogP contribution in [0.4, 0.5) is 13.2 Å². The van der Waals surface area contributed by atoms with Gasteiger partial charge in [-0.2, -0.15) is 13.2 Å². The smallest absolute Gasteiger partial charge is 0.416 e. The predicted octanol–water partition coefficient (Wildman–Crippen LogP) is 3.17. The van der Waals surface area contributed by atoms with Crippen molar-refractivity contribution in [3.63, 3.8) is 0 Å². The fraction of sp³-hybridized carbons (Fsp3) is 0.375. The standard InChI is InChI=1S/C16H18F3NO3/c1-20(10-15-3-2-8-22-15)9-13(21)11-23-14-6-4-12(5-7-14)16(17,18)19/h2-8,13,21H,9-11H2,1H3. The van der Waals surface area contributed by atoms with E-state index in [1.165, 1.54) is 12.1 Å². The van der Waals surface area contributed by atoms with E-state index in [9.17, 15) is 18.3 Å². The fourth-order valence-electron chi connectivity index (χ4n) is 2.08. The van der Waals surface area contributed by atoms with Crippen LogP contribution in [0, 0.1) is 0 Å². The van der Waals surface area contributed by atoms with Crippen LogP contribution < -0.4 is 4.74 Å². The first-order valence-corrected chi connectivity index (χ1v) is 7.03. The van der Waals surface area contributed by atoms with E-state index in [4.69, 9.17) is 9.15 Å². The maximum Gasteiger partial charge on any atom is 0.416 e. The zero-order chi connectivity index (χ0) is 16.9. The first-order chi connectivity index (χ1) is 10.8. The van der Waals surface area contributed by atoms with Crippen molar-refractivity contribution in [2.24, 2.45) is 0 Å². The molecule has 4 nitrogen and oxygen atoms in total. The highest BCUT2D eigenvalue weighted by Crippen LogP contribution is 2.30. The van der Waals surface area contributed by atoms with Gasteiger partial charge in [-0.05, 0) is 43.4 Å². The third kappa shape index (κ3) is 5.61. The molecule has 0 saturated carbocycles. The van der Waals surface area contributed by atoms with Crippen molar-refractivity contribution in [2.75, 3.05) is 20.2 Å². The van der Waals surface area contributed by atoms with E-state index >= 15 is 0 Å². The number of nitrogens with zero attached hydrogens (tertiary/aromatic N) is 1. The quantitative estimate of drug-likeness (QED) is 0.847. The highest BCUT2D eigenvalue weighted by Gasteiger charge is 2.30. The number of benzene rings is 1. The number of alkyl halides is 3. The first kappa shape index (κ1) is 17.4. The normalized spacial score (nSPS) is 13.3. The van der Waals surface area contributed by atoms with Gasteiger partial charge in [0.25, 0.3) is 0 Å². The zero-order valence-electron chi connectivity index (χ0n) is 12.6. The maximum atomic E-state index is 12.4. The monoisotopic (exact) mass is 329 g/mol. The van der Waals surface area contributed by atoms with Gasteiger partial charge in [0.05, 0.1) is 18.4 Å². The summed E-state index contributed by atoms with van der Waals surface area (Å²) >= 11 is 0. The molecule has 23 heavy (non-hydrogen) atoms. The molecule has 0 aliphatic carbocycles. The van der Waals surface area contributed by atoms with Crippen LogP contribution in [0.1, 0.15) is 11.3 Å². The van der Waals surface area contributed by atoms with Gasteiger partial charge in [0.1, 0.15) is 24.2 Å². The van der Waals surface area contributed by atoms with Crippen molar-refractivity contribution in [3.8, 4) is 5.75 Å². The summed E-state index contributed by atoms with van der Waals surface area (Å²) in [6.07, 6.45) is -3.56. The molecule has 2 rings (SSSR count). The highest BCUT2D eigenvalue weighted by molar-refractivity contribution is 5.28. The van der Waals surface area contributed by atoms with Crippen LogP contribution in [0.25, 0.3) is 0 Å². The number of aliphatic hydroxyl groups excluding tert-OH is 1. The summed E-state index contributed by atoms with van der Waals surface area (Å²) < 4.78 is 47.8. The lowest BCUT2D eigenvalue weighted by Gasteiger charge is -2.20. The Kier molecular flexibility index (Phi) is 5.68. The molecule has 0 fully saturated rings. The lowest BCUT2D eigenvalue weighted by molar-refractivity contribution is -0.137. The molecule has 0 aliphatic rings. The third-order valence-corrected chi connectivity index (χ3v) is 3.15. The van der Waals surface area contributed by atoms with Crippen LogP contribution in [-0.2, 0) is 12.7 Å². The lowest BCUT2D eigenvalue weighted by Crippen LogP contribution is -2.32. The Morgan fingerprint density at radius 3 is 2.48 bits per heavy atom. The fourth-order valence-corrected chi connectivity index (χ4v) is 2.08. The highest BCUT2D eigenvalue weighted by atomic mass is 19.4. The van der Waals surface area contributed by atoms with Gasteiger partial charge in [-0.25, -0.2) is 0 Å². The van der Waals surface area contributed by atoms with Gasteiger partial charge in [0, 0.05) is 6.54 Å². The van der Waals surface area contributed by atoms with E-state index in [0.717, 1.165) is 17.9 Å². The Hall–Kier alpha value is -1.99. The van der Waals surface area contributed by atoms with Crippen molar-refractivity contribution in [1.82, 2.24) is 4.90 Å². The molecule has 0 saturated heterocycles. The van der Waals surface area contributed by atoms with Crippen molar-refractivity contribution in [2.45, 2.75) is 18.8 Å². The lowest BCUT2D eigenvalue weighted by atomic mass is 10.2. The molecule has 0 aliphatic heterocycles. The minimum Gasteiger partial charge on any atom is -0.491 e. The van der Waals surface area contributed by atoms with E-state index in [-0.39, 0.29) is 12.4 Å². The number of likely N-dealkylation sites (N-methyl/N-ethyl adjacent to an activating group) is 1. The van der Waals surface area contributed by atoms with Crippen molar-refractivity contribution < 1.29 is 27.4 Å². The molecule has 0 bridgehead atoms. The van der Waals surface area contributed by atoms with Gasteiger partial charge in [-0.15, -0.1) is 0 Å². The molecule has 7 heteroatoms. The molecule has 126 valence electrons. The summed E-state index contributed by atoms with van der Waals surface area (Å²) in [7, 11) is 1.82. The van der Waals surface area contributed by atoms with Gasteiger partial charge >= 0.3 is 6.18 Å². The largest absolute Gasteiger partial charge is 0.491 e. The molecule has 1 aromatic carbocycles. The van der Waals surface area contributed by atoms with E-state index in [1.54, 1.807) is 12.3 Å². The van der Waals surface area contributed by atoms with Crippen LogP contribution in [0.2, 0.25) is 0 Å².